The maximum absolute atomic E-state index is 11.9. The van der Waals surface area contributed by atoms with Crippen molar-refractivity contribution in [2.24, 2.45) is 5.41 Å². The smallest absolute Gasteiger partial charge is 0.251 e. The Labute approximate surface area is 98.4 Å². The number of hydrogen-bond donors (Lipinski definition) is 2. The lowest BCUT2D eigenvalue weighted by Gasteiger charge is -2.34. The summed E-state index contributed by atoms with van der Waals surface area (Å²) in [5, 5.41) is 11.9. The predicted octanol–water partition coefficient (Wildman–Crippen LogP) is 1.32. The first-order valence-electron chi connectivity index (χ1n) is 5.62. The Kier molecular flexibility index (Phi) is 5.42. The number of aliphatic hydroxyl groups is 1. The molecule has 0 aromatic heterocycles. The van der Waals surface area contributed by atoms with Crippen molar-refractivity contribution in [3.8, 4) is 0 Å². The normalized spacial score (nSPS) is 14.7. The summed E-state index contributed by atoms with van der Waals surface area (Å²) in [6, 6.07) is -0.0561. The highest BCUT2D eigenvalue weighted by molar-refractivity contribution is 5.84. The molecule has 0 rings (SSSR count). The summed E-state index contributed by atoms with van der Waals surface area (Å²) in [4.78, 5) is 11.9. The van der Waals surface area contributed by atoms with Crippen molar-refractivity contribution in [2.75, 3.05) is 13.7 Å². The van der Waals surface area contributed by atoms with E-state index in [9.17, 15) is 4.79 Å². The molecule has 1 unspecified atom stereocenters. The molecule has 0 spiro atoms. The number of rotatable bonds is 5. The van der Waals surface area contributed by atoms with Crippen LogP contribution in [0.5, 0.6) is 0 Å². The third kappa shape index (κ3) is 4.49. The highest BCUT2D eigenvalue weighted by Crippen LogP contribution is 2.22. The standard InChI is InChI=1S/C12H25NO3/c1-11(2,3)9(7-8-14)13-10(15)12(4,5)16-6/h9,14H,7-8H2,1-6H3,(H,13,15). The first-order valence-corrected chi connectivity index (χ1v) is 5.62. The number of carbonyl (C=O) groups is 1. The lowest BCUT2D eigenvalue weighted by molar-refractivity contribution is -0.141. The third-order valence-corrected chi connectivity index (χ3v) is 2.83. The quantitative estimate of drug-likeness (QED) is 0.750. The first-order chi connectivity index (χ1) is 7.15. The molecule has 96 valence electrons. The maximum Gasteiger partial charge on any atom is 0.251 e. The van der Waals surface area contributed by atoms with Crippen LogP contribution in [0.3, 0.4) is 0 Å². The van der Waals surface area contributed by atoms with E-state index in [1.165, 1.54) is 7.11 Å². The van der Waals surface area contributed by atoms with Crippen molar-refractivity contribution < 1.29 is 14.6 Å². The van der Waals surface area contributed by atoms with Gasteiger partial charge in [0.1, 0.15) is 5.60 Å². The van der Waals surface area contributed by atoms with Gasteiger partial charge >= 0.3 is 0 Å². The van der Waals surface area contributed by atoms with Crippen LogP contribution in [0.25, 0.3) is 0 Å². The number of ether oxygens (including phenoxy) is 1. The second kappa shape index (κ2) is 5.64. The number of amides is 1. The minimum absolute atomic E-state index is 0.0561. The largest absolute Gasteiger partial charge is 0.396 e. The Morgan fingerprint density at radius 3 is 2.12 bits per heavy atom. The van der Waals surface area contributed by atoms with Gasteiger partial charge in [-0.1, -0.05) is 20.8 Å². The third-order valence-electron chi connectivity index (χ3n) is 2.83. The lowest BCUT2D eigenvalue weighted by atomic mass is 9.84. The van der Waals surface area contributed by atoms with Crippen molar-refractivity contribution in [3.63, 3.8) is 0 Å². The van der Waals surface area contributed by atoms with Crippen LogP contribution < -0.4 is 5.32 Å². The SMILES string of the molecule is COC(C)(C)C(=O)NC(CCO)C(C)(C)C. The van der Waals surface area contributed by atoms with Crippen molar-refractivity contribution >= 4 is 5.91 Å². The number of hydrogen-bond acceptors (Lipinski definition) is 3. The number of methoxy groups -OCH3 is 1. The molecule has 0 aliphatic rings. The molecule has 0 aliphatic heterocycles. The van der Waals surface area contributed by atoms with Crippen LogP contribution in [0, 0.1) is 5.41 Å². The lowest BCUT2D eigenvalue weighted by Crippen LogP contribution is -2.52. The van der Waals surface area contributed by atoms with Gasteiger partial charge in [-0.2, -0.15) is 0 Å². The summed E-state index contributed by atoms with van der Waals surface area (Å²) in [6.45, 7) is 9.62. The second-order valence-electron chi connectivity index (χ2n) is 5.62. The Bertz CT molecular complexity index is 231. The van der Waals surface area contributed by atoms with Crippen molar-refractivity contribution in [3.05, 3.63) is 0 Å². The molecule has 1 amide bonds. The van der Waals surface area contributed by atoms with E-state index in [-0.39, 0.29) is 24.0 Å². The molecule has 0 saturated carbocycles. The van der Waals surface area contributed by atoms with Gasteiger partial charge in [0.15, 0.2) is 0 Å². The molecule has 0 bridgehead atoms. The minimum Gasteiger partial charge on any atom is -0.396 e. The zero-order chi connectivity index (χ0) is 13.0. The molecule has 0 fully saturated rings. The average Bonchev–Trinajstić information content (AvgIpc) is 2.15. The van der Waals surface area contributed by atoms with Crippen molar-refractivity contribution in [2.45, 2.75) is 52.7 Å². The first kappa shape index (κ1) is 15.4. The molecule has 4 nitrogen and oxygen atoms in total. The predicted molar refractivity (Wildman–Crippen MR) is 64.2 cm³/mol. The summed E-state index contributed by atoms with van der Waals surface area (Å²) >= 11 is 0. The van der Waals surface area contributed by atoms with E-state index >= 15 is 0 Å². The summed E-state index contributed by atoms with van der Waals surface area (Å²) in [5.41, 5.74) is -0.916. The maximum atomic E-state index is 11.9. The molecule has 1 atom stereocenters. The van der Waals surface area contributed by atoms with Crippen LogP contribution in [-0.2, 0) is 9.53 Å². The molecule has 4 heteroatoms. The van der Waals surface area contributed by atoms with Gasteiger partial charge in [-0.15, -0.1) is 0 Å². The molecule has 0 saturated heterocycles. The molecule has 0 radical (unpaired) electrons. The van der Waals surface area contributed by atoms with E-state index in [2.05, 4.69) is 5.32 Å². The van der Waals surface area contributed by atoms with Gasteiger partial charge in [-0.05, 0) is 25.7 Å². The molecule has 0 heterocycles. The topological polar surface area (TPSA) is 58.6 Å². The van der Waals surface area contributed by atoms with Gasteiger partial charge in [0.2, 0.25) is 0 Å². The van der Waals surface area contributed by atoms with Gasteiger partial charge in [0, 0.05) is 19.8 Å². The summed E-state index contributed by atoms with van der Waals surface area (Å²) < 4.78 is 5.12. The Balaban J connectivity index is 4.59. The minimum atomic E-state index is -0.834. The number of carbonyl (C=O) groups excluding carboxylic acids is 1. The average molecular weight is 231 g/mol. The molecular formula is C12H25NO3. The van der Waals surface area contributed by atoms with Gasteiger partial charge in [-0.25, -0.2) is 0 Å². The van der Waals surface area contributed by atoms with Gasteiger partial charge in [0.05, 0.1) is 0 Å². The zero-order valence-corrected chi connectivity index (χ0v) is 11.3. The van der Waals surface area contributed by atoms with Gasteiger partial charge in [0.25, 0.3) is 5.91 Å². The summed E-state index contributed by atoms with van der Waals surface area (Å²) in [5.74, 6) is -0.150. The van der Waals surface area contributed by atoms with E-state index in [0.717, 1.165) is 0 Å². The van der Waals surface area contributed by atoms with Crippen LogP contribution >= 0.6 is 0 Å². The van der Waals surface area contributed by atoms with Crippen LogP contribution in [0.4, 0.5) is 0 Å². The zero-order valence-electron chi connectivity index (χ0n) is 11.3. The molecular weight excluding hydrogens is 206 g/mol. The van der Waals surface area contributed by atoms with E-state index in [0.29, 0.717) is 6.42 Å². The van der Waals surface area contributed by atoms with Crippen LogP contribution in [-0.4, -0.2) is 36.4 Å². The number of aliphatic hydroxyl groups excluding tert-OH is 1. The molecule has 0 aromatic rings. The van der Waals surface area contributed by atoms with E-state index < -0.39 is 5.60 Å². The summed E-state index contributed by atoms with van der Waals surface area (Å²) in [6.07, 6.45) is 0.551. The second-order valence-corrected chi connectivity index (χ2v) is 5.62. The molecule has 2 N–H and O–H groups in total. The Hall–Kier alpha value is -0.610. The highest BCUT2D eigenvalue weighted by Gasteiger charge is 2.32. The highest BCUT2D eigenvalue weighted by atomic mass is 16.5. The summed E-state index contributed by atoms with van der Waals surface area (Å²) in [7, 11) is 1.51. The van der Waals surface area contributed by atoms with Crippen molar-refractivity contribution in [1.29, 1.82) is 0 Å². The molecule has 0 aromatic carbocycles. The fourth-order valence-electron chi connectivity index (χ4n) is 1.28. The van der Waals surface area contributed by atoms with Gasteiger partial charge in [-0.3, -0.25) is 4.79 Å². The van der Waals surface area contributed by atoms with Crippen LogP contribution in [0.2, 0.25) is 0 Å². The van der Waals surface area contributed by atoms with Gasteiger partial charge < -0.3 is 15.2 Å². The Morgan fingerprint density at radius 2 is 1.81 bits per heavy atom. The van der Waals surface area contributed by atoms with E-state index in [1.54, 1.807) is 13.8 Å². The van der Waals surface area contributed by atoms with Crippen LogP contribution in [0.15, 0.2) is 0 Å². The fraction of sp³-hybridized carbons (Fsp3) is 0.917. The molecule has 16 heavy (non-hydrogen) atoms. The monoisotopic (exact) mass is 231 g/mol. The fourth-order valence-corrected chi connectivity index (χ4v) is 1.28. The Morgan fingerprint density at radius 1 is 1.31 bits per heavy atom. The number of nitrogens with one attached hydrogen (secondary N) is 1. The van der Waals surface area contributed by atoms with E-state index in [4.69, 9.17) is 9.84 Å². The van der Waals surface area contributed by atoms with Crippen molar-refractivity contribution in [1.82, 2.24) is 5.32 Å². The van der Waals surface area contributed by atoms with Crippen LogP contribution in [0.1, 0.15) is 41.0 Å². The van der Waals surface area contributed by atoms with E-state index in [1.807, 2.05) is 20.8 Å². The molecule has 0 aliphatic carbocycles.